The monoisotopic (exact) mass is 1490 g/mol. The Morgan fingerprint density at radius 1 is 0.252 bits per heavy atom. The van der Waals surface area contributed by atoms with E-state index in [1.807, 2.05) is 0 Å². The molecule has 0 fully saturated rings. The fourth-order valence-electron chi connectivity index (χ4n) is 22.7. The van der Waals surface area contributed by atoms with Gasteiger partial charge in [0, 0.05) is 93.6 Å². The van der Waals surface area contributed by atoms with Gasteiger partial charge in [0.2, 0.25) is 0 Å². The number of hydrogen-bond acceptors (Lipinski definition) is 4. The molecule has 0 saturated heterocycles. The van der Waals surface area contributed by atoms with Crippen molar-refractivity contribution in [2.24, 2.45) is 0 Å². The van der Waals surface area contributed by atoms with Crippen molar-refractivity contribution in [3.8, 4) is 89.0 Å². The summed E-state index contributed by atoms with van der Waals surface area (Å²) < 4.78 is 21.1. The van der Waals surface area contributed by atoms with Crippen molar-refractivity contribution in [3.63, 3.8) is 0 Å². The minimum absolute atomic E-state index is 0.0394. The van der Waals surface area contributed by atoms with Gasteiger partial charge in [0.15, 0.2) is 0 Å². The van der Waals surface area contributed by atoms with E-state index in [2.05, 4.69) is 335 Å². The van der Waals surface area contributed by atoms with Gasteiger partial charge in [-0.2, -0.15) is 0 Å². The third-order valence-electron chi connectivity index (χ3n) is 28.5. The fourth-order valence-corrected chi connectivity index (χ4v) is 22.7. The zero-order valence-corrected chi connectivity index (χ0v) is 68.0. The molecule has 17 aromatic rings. The fraction of sp³-hybridized carbons (Fsp3) is 0.243. The van der Waals surface area contributed by atoms with Crippen LogP contribution in [0.5, 0.6) is 0 Å². The van der Waals surface area contributed by atoms with Crippen LogP contribution in [0.15, 0.2) is 274 Å². The van der Waals surface area contributed by atoms with Gasteiger partial charge in [-0.05, 0) is 225 Å². The molecule has 4 heteroatoms. The van der Waals surface area contributed by atoms with Gasteiger partial charge in [-0.3, -0.25) is 0 Å². The first-order chi connectivity index (χ1) is 56.0. The summed E-state index contributed by atoms with van der Waals surface area (Å²) >= 11 is 0. The van der Waals surface area contributed by atoms with Crippen LogP contribution in [0.25, 0.3) is 155 Å². The maximum Gasteiger partial charge on any atom is 0.144 e. The van der Waals surface area contributed by atoms with E-state index in [0.717, 1.165) is 88.6 Å². The Bertz CT molecular complexity index is 6940. The average molecular weight is 1490 g/mol. The quantitative estimate of drug-likeness (QED) is 0.0803. The molecule has 0 N–H and O–H groups in total. The third kappa shape index (κ3) is 10.1. The summed E-state index contributed by atoms with van der Waals surface area (Å²) in [5, 5.41) is 6.88. The number of para-hydroxylation sites is 3. The molecule has 22 rings (SSSR count). The summed E-state index contributed by atoms with van der Waals surface area (Å²) in [6, 6.07) is 99.4. The van der Waals surface area contributed by atoms with Gasteiger partial charge in [-0.15, -0.1) is 0 Å². The van der Waals surface area contributed by atoms with Gasteiger partial charge in [-0.25, -0.2) is 0 Å². The Hall–Kier alpha value is -11.7. The largest absolute Gasteiger partial charge is 0.456 e. The molecule has 564 valence electrons. The lowest BCUT2D eigenvalue weighted by atomic mass is 9.70. The van der Waals surface area contributed by atoms with Crippen molar-refractivity contribution in [1.29, 1.82) is 0 Å². The summed E-state index contributed by atoms with van der Waals surface area (Å²) in [4.78, 5) is 2.48. The molecule has 4 nitrogen and oxygen atoms in total. The van der Waals surface area contributed by atoms with E-state index in [1.165, 1.54) is 205 Å². The molecule has 0 unspecified atom stereocenters. The Morgan fingerprint density at radius 2 is 0.661 bits per heavy atom. The van der Waals surface area contributed by atoms with E-state index >= 15 is 0 Å². The number of anilines is 3. The first-order valence-corrected chi connectivity index (χ1v) is 42.7. The van der Waals surface area contributed by atoms with Crippen molar-refractivity contribution < 1.29 is 13.3 Å². The molecule has 115 heavy (non-hydrogen) atoms. The van der Waals surface area contributed by atoms with Crippen LogP contribution in [0.1, 0.15) is 202 Å². The van der Waals surface area contributed by atoms with E-state index in [0.29, 0.717) is 0 Å². The number of benzene rings is 14. The Balaban J connectivity index is 0.614. The van der Waals surface area contributed by atoms with E-state index < -0.39 is 10.8 Å². The number of hydrogen-bond donors (Lipinski definition) is 0. The van der Waals surface area contributed by atoms with Gasteiger partial charge in [0.1, 0.15) is 33.5 Å². The molecule has 0 saturated carbocycles. The third-order valence-corrected chi connectivity index (χ3v) is 28.5. The molecule has 0 amide bonds. The number of unbranched alkanes of at least 4 members (excludes halogenated alkanes) is 8. The first-order valence-electron chi connectivity index (χ1n) is 42.7. The lowest BCUT2D eigenvalue weighted by Crippen LogP contribution is -2.25. The number of fused-ring (bicyclic) bond motifs is 28. The van der Waals surface area contributed by atoms with Crippen LogP contribution in [-0.4, -0.2) is 0 Å². The molecule has 3 heterocycles. The van der Waals surface area contributed by atoms with Crippen molar-refractivity contribution in [2.45, 2.75) is 173 Å². The second kappa shape index (κ2) is 25.6. The standard InChI is InChI=1S/C111H97NO3/c1-11-13-15-17-29-57-111(58-30-18-16-14-12-2)87-37-25-19-31-74(87)77-53-47-70(61-92(77)111)69-46-52-76-75-51-45-68(59-88(75)107(3,4)89(76)60-69)66-41-43-67(44-42-66)85-65-93-98(100-83-34-22-27-39-95(83)114-105(85)100)81-55-49-71(62-90(81)108(93,5)6)112(73-48-54-79-78-32-21-26-38-94(78)113-97(79)64-73)72-50-56-82-91(63-72)110(9,10)104-102(82)106-101(84-35-23-28-40-96(84)115-106)99-80-33-20-24-36-86(80)109(7,8)103(99)104/h19-28,31-56,59-65H,11-18,29-30,57-58H2,1-10H3. The minimum atomic E-state index is -0.420. The van der Waals surface area contributed by atoms with Crippen molar-refractivity contribution >= 4 is 82.9 Å². The Kier molecular flexibility index (Phi) is 15.6. The lowest BCUT2D eigenvalue weighted by Gasteiger charge is -2.33. The number of rotatable bonds is 18. The number of furan rings is 3. The van der Waals surface area contributed by atoms with Gasteiger partial charge >= 0.3 is 0 Å². The van der Waals surface area contributed by atoms with Gasteiger partial charge in [0.25, 0.3) is 0 Å². The predicted molar refractivity (Wildman–Crippen MR) is 482 cm³/mol. The van der Waals surface area contributed by atoms with E-state index in [9.17, 15) is 0 Å². The van der Waals surface area contributed by atoms with E-state index in [4.69, 9.17) is 13.3 Å². The normalized spacial score (nSPS) is 15.5. The van der Waals surface area contributed by atoms with Crippen LogP contribution in [0.3, 0.4) is 0 Å². The molecular formula is C111H97NO3. The van der Waals surface area contributed by atoms with E-state index in [1.54, 1.807) is 11.1 Å². The summed E-state index contributed by atoms with van der Waals surface area (Å²) in [5.41, 5.74) is 41.6. The summed E-state index contributed by atoms with van der Waals surface area (Å²) in [7, 11) is 0. The molecular weight excluding hydrogens is 1400 g/mol. The highest BCUT2D eigenvalue weighted by Gasteiger charge is 2.50. The molecule has 0 spiro atoms. The summed E-state index contributed by atoms with van der Waals surface area (Å²) in [6.45, 7) is 24.2. The van der Waals surface area contributed by atoms with Crippen LogP contribution in [-0.2, 0) is 27.1 Å². The molecule has 14 aromatic carbocycles. The Morgan fingerprint density at radius 3 is 1.30 bits per heavy atom. The van der Waals surface area contributed by atoms with Gasteiger partial charge < -0.3 is 18.2 Å². The van der Waals surface area contributed by atoms with Crippen molar-refractivity contribution in [3.05, 3.63) is 316 Å². The minimum Gasteiger partial charge on any atom is -0.456 e. The highest BCUT2D eigenvalue weighted by Crippen LogP contribution is 2.65. The van der Waals surface area contributed by atoms with Crippen LogP contribution < -0.4 is 4.90 Å². The van der Waals surface area contributed by atoms with Gasteiger partial charge in [0.05, 0.1) is 0 Å². The SMILES string of the molecule is CCCCCCCC1(CCCCCCC)c2ccccc2-c2ccc(-c3ccc4c(c3)C(C)(C)c3cc(-c5ccc(-c6cc7c(c8c6oc6ccccc68)-c6ccc(N(c8ccc9c(c8)C(C)(C)c8c%10c(c%11c(oc%12ccccc%12%11)c8-9)-c8ccccc8C%10(C)C)c8ccc9c(c8)oc8ccccc89)cc6C7(C)C)cc5)ccc3-4)cc21. The maximum atomic E-state index is 7.17. The smallest absolute Gasteiger partial charge is 0.144 e. The Labute approximate surface area is 675 Å². The van der Waals surface area contributed by atoms with Gasteiger partial charge in [-0.1, -0.05) is 309 Å². The highest BCUT2D eigenvalue weighted by molar-refractivity contribution is 6.22. The highest BCUT2D eigenvalue weighted by atomic mass is 16.3. The van der Waals surface area contributed by atoms with Crippen LogP contribution in [0.4, 0.5) is 17.1 Å². The second-order valence-corrected chi connectivity index (χ2v) is 36.4. The molecule has 0 atom stereocenters. The molecule has 3 aromatic heterocycles. The van der Waals surface area contributed by atoms with Crippen LogP contribution in [0, 0.1) is 0 Å². The lowest BCUT2D eigenvalue weighted by molar-refractivity contribution is 0.399. The van der Waals surface area contributed by atoms with Crippen molar-refractivity contribution in [1.82, 2.24) is 0 Å². The molecule has 0 radical (unpaired) electrons. The zero-order chi connectivity index (χ0) is 77.8. The molecule has 0 bridgehead atoms. The summed E-state index contributed by atoms with van der Waals surface area (Å²) in [5.74, 6) is 0. The van der Waals surface area contributed by atoms with Crippen LogP contribution in [0.2, 0.25) is 0 Å². The molecule has 5 aliphatic carbocycles. The first kappa shape index (κ1) is 70.0. The molecule has 0 aliphatic heterocycles. The van der Waals surface area contributed by atoms with Crippen LogP contribution >= 0.6 is 0 Å². The summed E-state index contributed by atoms with van der Waals surface area (Å²) in [6.07, 6.45) is 15.4. The maximum absolute atomic E-state index is 7.17. The number of nitrogens with zero attached hydrogens (tertiary/aromatic N) is 1. The average Bonchev–Trinajstić information content (AvgIpc) is 1.50. The predicted octanol–water partition coefficient (Wildman–Crippen LogP) is 32.1. The van der Waals surface area contributed by atoms with Crippen molar-refractivity contribution in [2.75, 3.05) is 4.90 Å². The topological polar surface area (TPSA) is 42.7 Å². The molecule has 5 aliphatic rings. The zero-order valence-electron chi connectivity index (χ0n) is 68.0. The second-order valence-electron chi connectivity index (χ2n) is 36.4. The van der Waals surface area contributed by atoms with E-state index in [-0.39, 0.29) is 16.2 Å².